The summed E-state index contributed by atoms with van der Waals surface area (Å²) in [6, 6.07) is 11.2. The Morgan fingerprint density at radius 3 is 2.63 bits per heavy atom. The van der Waals surface area contributed by atoms with Crippen LogP contribution in [-0.4, -0.2) is 47.2 Å². The first-order valence-electron chi connectivity index (χ1n) is 9.09. The van der Waals surface area contributed by atoms with Crippen LogP contribution in [0.3, 0.4) is 0 Å². The van der Waals surface area contributed by atoms with Crippen LogP contribution in [0.4, 0.5) is 8.78 Å². The SMILES string of the molecule is COc1ccc(F)c(F)c1-c1[nH]nc2ncc(-c3cccc(C(=O)N(C)C)c3)cc12. The Hall–Kier alpha value is -3.81. The van der Waals surface area contributed by atoms with Crippen LogP contribution >= 0.6 is 0 Å². The van der Waals surface area contributed by atoms with E-state index in [1.54, 1.807) is 44.6 Å². The Bertz CT molecular complexity index is 1270. The number of nitrogens with one attached hydrogen (secondary N) is 1. The summed E-state index contributed by atoms with van der Waals surface area (Å²) in [7, 11) is 4.74. The lowest BCUT2D eigenvalue weighted by Gasteiger charge is -2.11. The predicted molar refractivity (Wildman–Crippen MR) is 109 cm³/mol. The second-order valence-corrected chi connectivity index (χ2v) is 6.91. The number of hydrogen-bond donors (Lipinski definition) is 1. The molecule has 0 aliphatic heterocycles. The van der Waals surface area contributed by atoms with Gasteiger partial charge in [0.2, 0.25) is 0 Å². The molecule has 1 N–H and O–H groups in total. The summed E-state index contributed by atoms with van der Waals surface area (Å²) in [5.41, 5.74) is 2.54. The van der Waals surface area contributed by atoms with Crippen LogP contribution in [0.25, 0.3) is 33.4 Å². The second-order valence-electron chi connectivity index (χ2n) is 6.91. The number of ether oxygens (including phenoxy) is 1. The number of H-pyrrole nitrogens is 1. The summed E-state index contributed by atoms with van der Waals surface area (Å²) >= 11 is 0. The van der Waals surface area contributed by atoms with Crippen molar-refractivity contribution in [2.45, 2.75) is 0 Å². The molecule has 0 bridgehead atoms. The molecule has 152 valence electrons. The van der Waals surface area contributed by atoms with Gasteiger partial charge in [-0.15, -0.1) is 0 Å². The van der Waals surface area contributed by atoms with Crippen molar-refractivity contribution in [1.82, 2.24) is 20.1 Å². The maximum absolute atomic E-state index is 14.6. The molecule has 0 saturated heterocycles. The largest absolute Gasteiger partial charge is 0.496 e. The Labute approximate surface area is 171 Å². The van der Waals surface area contributed by atoms with Crippen LogP contribution in [0.2, 0.25) is 0 Å². The van der Waals surface area contributed by atoms with E-state index in [0.29, 0.717) is 22.2 Å². The highest BCUT2D eigenvalue weighted by molar-refractivity contribution is 5.97. The van der Waals surface area contributed by atoms with E-state index in [2.05, 4.69) is 15.2 Å². The summed E-state index contributed by atoms with van der Waals surface area (Å²) in [5, 5.41) is 7.34. The zero-order valence-corrected chi connectivity index (χ0v) is 16.5. The van der Waals surface area contributed by atoms with Gasteiger partial charge in [-0.2, -0.15) is 5.10 Å². The first kappa shape index (κ1) is 19.5. The number of benzene rings is 2. The van der Waals surface area contributed by atoms with E-state index >= 15 is 0 Å². The second kappa shape index (κ2) is 7.55. The molecule has 0 unspecified atom stereocenters. The van der Waals surface area contributed by atoms with Gasteiger partial charge in [0.15, 0.2) is 17.3 Å². The lowest BCUT2D eigenvalue weighted by molar-refractivity contribution is 0.0827. The lowest BCUT2D eigenvalue weighted by atomic mass is 10.0. The number of halogens is 2. The monoisotopic (exact) mass is 408 g/mol. The van der Waals surface area contributed by atoms with E-state index in [0.717, 1.165) is 11.6 Å². The van der Waals surface area contributed by atoms with Gasteiger partial charge >= 0.3 is 0 Å². The minimum absolute atomic E-state index is 0.0597. The van der Waals surface area contributed by atoms with Gasteiger partial charge in [-0.1, -0.05) is 12.1 Å². The maximum atomic E-state index is 14.6. The van der Waals surface area contributed by atoms with Crippen LogP contribution in [0.5, 0.6) is 5.75 Å². The average molecular weight is 408 g/mol. The Morgan fingerprint density at radius 2 is 1.90 bits per heavy atom. The average Bonchev–Trinajstić information content (AvgIpc) is 3.17. The first-order valence-corrected chi connectivity index (χ1v) is 9.09. The molecular weight excluding hydrogens is 390 g/mol. The van der Waals surface area contributed by atoms with Crippen molar-refractivity contribution < 1.29 is 18.3 Å². The van der Waals surface area contributed by atoms with Gasteiger partial charge in [-0.3, -0.25) is 9.89 Å². The summed E-state index contributed by atoms with van der Waals surface area (Å²) < 4.78 is 33.7. The van der Waals surface area contributed by atoms with E-state index in [9.17, 15) is 13.6 Å². The summed E-state index contributed by atoms with van der Waals surface area (Å²) in [6.45, 7) is 0. The molecule has 2 aromatic heterocycles. The molecule has 0 atom stereocenters. The van der Waals surface area contributed by atoms with Crippen molar-refractivity contribution >= 4 is 16.9 Å². The molecule has 2 aromatic carbocycles. The number of fused-ring (bicyclic) bond motifs is 1. The molecule has 6 nitrogen and oxygen atoms in total. The minimum atomic E-state index is -1.04. The summed E-state index contributed by atoms with van der Waals surface area (Å²) in [4.78, 5) is 18.1. The van der Waals surface area contributed by atoms with E-state index in [1.165, 1.54) is 18.1 Å². The van der Waals surface area contributed by atoms with Gasteiger partial charge in [0.1, 0.15) is 5.75 Å². The highest BCUT2D eigenvalue weighted by Gasteiger charge is 2.21. The third-order valence-corrected chi connectivity index (χ3v) is 4.79. The van der Waals surface area contributed by atoms with E-state index in [-0.39, 0.29) is 22.9 Å². The Kier molecular flexibility index (Phi) is 4.91. The van der Waals surface area contributed by atoms with Crippen LogP contribution in [0.1, 0.15) is 10.4 Å². The van der Waals surface area contributed by atoms with Crippen molar-refractivity contribution in [2.75, 3.05) is 21.2 Å². The number of nitrogens with zero attached hydrogens (tertiary/aromatic N) is 3. The third-order valence-electron chi connectivity index (χ3n) is 4.79. The van der Waals surface area contributed by atoms with Crippen LogP contribution < -0.4 is 4.74 Å². The third kappa shape index (κ3) is 3.26. The molecule has 0 aliphatic rings. The first-order chi connectivity index (χ1) is 14.4. The fraction of sp³-hybridized carbons (Fsp3) is 0.136. The number of amides is 1. The number of aromatic nitrogens is 3. The number of carbonyl (C=O) groups is 1. The quantitative estimate of drug-likeness (QED) is 0.547. The maximum Gasteiger partial charge on any atom is 0.253 e. The molecule has 0 aliphatic carbocycles. The standard InChI is InChI=1S/C22H18F2N4O2/c1-28(2)22(29)13-6-4-5-12(9-13)14-10-15-20(26-27-21(15)25-11-14)18-17(30-3)8-7-16(23)19(18)24/h4-11H,1-3H3,(H,25,26,27). The van der Waals surface area contributed by atoms with E-state index < -0.39 is 11.6 Å². The number of methoxy groups -OCH3 is 1. The molecule has 1 amide bonds. The number of rotatable bonds is 4. The molecule has 4 aromatic rings. The van der Waals surface area contributed by atoms with Gasteiger partial charge in [-0.25, -0.2) is 13.8 Å². The molecule has 0 fully saturated rings. The fourth-order valence-corrected chi connectivity index (χ4v) is 3.27. The highest BCUT2D eigenvalue weighted by atomic mass is 19.2. The van der Waals surface area contributed by atoms with Crippen LogP contribution in [-0.2, 0) is 0 Å². The molecular formula is C22H18F2N4O2. The van der Waals surface area contributed by atoms with Gasteiger partial charge in [0.25, 0.3) is 5.91 Å². The molecule has 0 radical (unpaired) electrons. The van der Waals surface area contributed by atoms with Crippen LogP contribution in [0, 0.1) is 11.6 Å². The smallest absolute Gasteiger partial charge is 0.253 e. The topological polar surface area (TPSA) is 71.1 Å². The van der Waals surface area contributed by atoms with Crippen LogP contribution in [0.15, 0.2) is 48.7 Å². The Morgan fingerprint density at radius 1 is 1.10 bits per heavy atom. The highest BCUT2D eigenvalue weighted by Crippen LogP contribution is 2.37. The van der Waals surface area contributed by atoms with Crippen molar-refractivity contribution in [2.24, 2.45) is 0 Å². The number of aromatic amines is 1. The summed E-state index contributed by atoms with van der Waals surface area (Å²) in [5.74, 6) is -1.98. The number of pyridine rings is 1. The molecule has 0 saturated carbocycles. The number of carbonyl (C=O) groups excluding carboxylic acids is 1. The molecule has 2 heterocycles. The van der Waals surface area contributed by atoms with Crippen molar-refractivity contribution in [3.8, 4) is 28.1 Å². The zero-order chi connectivity index (χ0) is 21.4. The molecule has 0 spiro atoms. The van der Waals surface area contributed by atoms with Crippen molar-refractivity contribution in [1.29, 1.82) is 0 Å². The summed E-state index contributed by atoms with van der Waals surface area (Å²) in [6.07, 6.45) is 1.62. The van der Waals surface area contributed by atoms with Gasteiger partial charge < -0.3 is 9.64 Å². The predicted octanol–water partition coefficient (Wildman–Crippen LogP) is 4.28. The Balaban J connectivity index is 1.88. The van der Waals surface area contributed by atoms with Crippen molar-refractivity contribution in [3.05, 3.63) is 65.9 Å². The molecule has 8 heteroatoms. The fourth-order valence-electron chi connectivity index (χ4n) is 3.27. The van der Waals surface area contributed by atoms with Gasteiger partial charge in [0.05, 0.1) is 18.4 Å². The normalized spacial score (nSPS) is 11.0. The van der Waals surface area contributed by atoms with Gasteiger partial charge in [0, 0.05) is 36.8 Å². The minimum Gasteiger partial charge on any atom is -0.496 e. The van der Waals surface area contributed by atoms with Crippen molar-refractivity contribution in [3.63, 3.8) is 0 Å². The van der Waals surface area contributed by atoms with E-state index in [1.807, 2.05) is 6.07 Å². The van der Waals surface area contributed by atoms with Gasteiger partial charge in [-0.05, 0) is 35.9 Å². The number of hydrogen-bond acceptors (Lipinski definition) is 4. The van der Waals surface area contributed by atoms with E-state index in [4.69, 9.17) is 4.74 Å². The molecule has 4 rings (SSSR count). The molecule has 30 heavy (non-hydrogen) atoms. The lowest BCUT2D eigenvalue weighted by Crippen LogP contribution is -2.21. The zero-order valence-electron chi connectivity index (χ0n) is 16.5.